The predicted molar refractivity (Wildman–Crippen MR) is 180 cm³/mol. The Labute approximate surface area is 262 Å². The third-order valence-electron chi connectivity index (χ3n) is 11.1. The molecule has 1 aromatic rings. The highest BCUT2D eigenvalue weighted by Gasteiger charge is 2.53. The van der Waals surface area contributed by atoms with Gasteiger partial charge in [0.1, 0.15) is 11.2 Å². The van der Waals surface area contributed by atoms with E-state index in [9.17, 15) is 14.4 Å². The fourth-order valence-electron chi connectivity index (χ4n) is 7.25. The quantitative estimate of drug-likeness (QED) is 0.212. The zero-order chi connectivity index (χ0) is 32.8. The van der Waals surface area contributed by atoms with Crippen LogP contribution >= 0.6 is 0 Å². The third kappa shape index (κ3) is 7.43. The summed E-state index contributed by atoms with van der Waals surface area (Å²) in [7, 11) is 0. The predicted octanol–water partition coefficient (Wildman–Crippen LogP) is 9.05. The molecule has 0 amide bonds. The van der Waals surface area contributed by atoms with Crippen LogP contribution in [0.3, 0.4) is 0 Å². The van der Waals surface area contributed by atoms with Gasteiger partial charge in [0.05, 0.1) is 0 Å². The topological polar surface area (TPSA) is 64.3 Å². The van der Waals surface area contributed by atoms with Crippen LogP contribution in [0.15, 0.2) is 34.8 Å². The molecule has 0 spiro atoms. The van der Waals surface area contributed by atoms with Gasteiger partial charge in [0.15, 0.2) is 11.5 Å². The molecule has 1 aromatic heterocycles. The van der Waals surface area contributed by atoms with Crippen LogP contribution in [0.1, 0.15) is 140 Å². The minimum absolute atomic E-state index is 0. The normalized spacial score (nSPS) is 25.7. The Hall–Kier alpha value is -2.49. The summed E-state index contributed by atoms with van der Waals surface area (Å²) in [6, 6.07) is 1.82. The second kappa shape index (κ2) is 12.1. The first kappa shape index (κ1) is 35.0. The molecule has 2 unspecified atom stereocenters. The largest absolute Gasteiger partial charge is 0.453 e. The molecule has 0 radical (unpaired) electrons. The van der Waals surface area contributed by atoms with Gasteiger partial charge in [-0.05, 0) is 86.2 Å². The highest BCUT2D eigenvalue weighted by atomic mass is 16.3. The number of ketones is 3. The molecule has 240 valence electrons. The Balaban J connectivity index is 0.00000675. The smallest absolute Gasteiger partial charge is 0.204 e. The van der Waals surface area contributed by atoms with Gasteiger partial charge in [0.25, 0.3) is 0 Å². The molecule has 0 saturated heterocycles. The zero-order valence-electron chi connectivity index (χ0n) is 29.1. The van der Waals surface area contributed by atoms with Gasteiger partial charge in [-0.1, -0.05) is 94.0 Å². The molecule has 2 atom stereocenters. The van der Waals surface area contributed by atoms with Crippen molar-refractivity contribution in [2.45, 2.75) is 128 Å². The van der Waals surface area contributed by atoms with Crippen LogP contribution in [-0.4, -0.2) is 17.3 Å². The lowest BCUT2D eigenvalue weighted by molar-refractivity contribution is -0.133. The van der Waals surface area contributed by atoms with Crippen LogP contribution in [-0.2, 0) is 9.59 Å². The highest BCUT2D eigenvalue weighted by molar-refractivity contribution is 5.99. The summed E-state index contributed by atoms with van der Waals surface area (Å²) in [5.74, 6) is 0.690. The number of hydrogen-bond acceptors (Lipinski definition) is 4. The van der Waals surface area contributed by atoms with Crippen molar-refractivity contribution in [1.82, 2.24) is 0 Å². The molecule has 2 aliphatic rings. The van der Waals surface area contributed by atoms with Gasteiger partial charge < -0.3 is 4.42 Å². The van der Waals surface area contributed by atoms with Crippen molar-refractivity contribution in [2.24, 2.45) is 38.9 Å². The summed E-state index contributed by atoms with van der Waals surface area (Å²) in [4.78, 5) is 39.9. The average Bonchev–Trinajstić information content (AvgIpc) is 3.27. The van der Waals surface area contributed by atoms with Gasteiger partial charge in [0, 0.05) is 35.4 Å². The Morgan fingerprint density at radius 1 is 0.977 bits per heavy atom. The van der Waals surface area contributed by atoms with Crippen molar-refractivity contribution in [2.75, 3.05) is 0 Å². The van der Waals surface area contributed by atoms with E-state index < -0.39 is 16.2 Å². The third-order valence-corrected chi connectivity index (χ3v) is 11.1. The van der Waals surface area contributed by atoms with E-state index >= 15 is 0 Å². The molecule has 0 N–H and O–H groups in total. The van der Waals surface area contributed by atoms with Crippen molar-refractivity contribution in [3.63, 3.8) is 0 Å². The van der Waals surface area contributed by atoms with Crippen LogP contribution in [0, 0.1) is 38.9 Å². The molecule has 4 heteroatoms. The van der Waals surface area contributed by atoms with Crippen LogP contribution in [0.25, 0.3) is 12.2 Å². The summed E-state index contributed by atoms with van der Waals surface area (Å²) in [6.45, 7) is 31.2. The first-order valence-electron chi connectivity index (χ1n) is 16.3. The van der Waals surface area contributed by atoms with E-state index in [0.717, 1.165) is 10.8 Å². The standard InChI is InChI=1S/C39H58O4.H2/c1-14-32(41)37(9,10)24-30(40)28-17-20-39(13,38(11,12)23-28)34(42)31-22-26(3)33(43-31)29(35(4,5)6)21-25(2)27-15-18-36(7,8)19-16-27;/h14,21-22,27-28H,1,3,15-20,23-24H2,2,4-13H3;1H/b25-21+,33-29-;. The van der Waals surface area contributed by atoms with E-state index in [1.807, 2.05) is 13.0 Å². The maximum absolute atomic E-state index is 14.3. The van der Waals surface area contributed by atoms with Crippen LogP contribution in [0.5, 0.6) is 0 Å². The minimum atomic E-state index is -0.768. The summed E-state index contributed by atoms with van der Waals surface area (Å²) >= 11 is 0. The molecular weight excluding hydrogens is 532 g/mol. The van der Waals surface area contributed by atoms with Gasteiger partial charge in [-0.3, -0.25) is 14.4 Å². The highest BCUT2D eigenvalue weighted by Crippen LogP contribution is 2.54. The van der Waals surface area contributed by atoms with Crippen molar-refractivity contribution in [3.8, 4) is 0 Å². The van der Waals surface area contributed by atoms with E-state index in [4.69, 9.17) is 4.42 Å². The van der Waals surface area contributed by atoms with Gasteiger partial charge in [-0.25, -0.2) is 0 Å². The maximum Gasteiger partial charge on any atom is 0.204 e. The molecular formula is C39H60O4. The Kier molecular flexibility index (Phi) is 9.87. The first-order valence-corrected chi connectivity index (χ1v) is 16.3. The molecule has 4 nitrogen and oxygen atoms in total. The lowest BCUT2D eigenvalue weighted by Gasteiger charge is -2.49. The minimum Gasteiger partial charge on any atom is -0.453 e. The van der Waals surface area contributed by atoms with E-state index in [0.29, 0.717) is 41.8 Å². The van der Waals surface area contributed by atoms with E-state index in [-0.39, 0.29) is 36.5 Å². The second-order valence-corrected chi connectivity index (χ2v) is 17.0. The molecule has 0 bridgehead atoms. The number of rotatable bonds is 9. The van der Waals surface area contributed by atoms with Gasteiger partial charge >= 0.3 is 0 Å². The molecule has 0 aromatic carbocycles. The van der Waals surface area contributed by atoms with E-state index in [2.05, 4.69) is 74.6 Å². The molecule has 1 heterocycles. The summed E-state index contributed by atoms with van der Waals surface area (Å²) < 4.78 is 6.47. The Morgan fingerprint density at radius 2 is 1.53 bits per heavy atom. The number of furan rings is 1. The lowest BCUT2D eigenvalue weighted by Crippen LogP contribution is -2.48. The van der Waals surface area contributed by atoms with Gasteiger partial charge in [-0.15, -0.1) is 0 Å². The van der Waals surface area contributed by atoms with Gasteiger partial charge in [0.2, 0.25) is 5.78 Å². The maximum atomic E-state index is 14.3. The number of carbonyl (C=O) groups is 3. The lowest BCUT2D eigenvalue weighted by atomic mass is 9.53. The monoisotopic (exact) mass is 592 g/mol. The van der Waals surface area contributed by atoms with Crippen molar-refractivity contribution >= 4 is 29.5 Å². The Bertz CT molecular complexity index is 1400. The summed E-state index contributed by atoms with van der Waals surface area (Å²) in [5.41, 5.74) is 1.48. The van der Waals surface area contributed by atoms with Crippen LogP contribution < -0.4 is 10.6 Å². The fourth-order valence-corrected chi connectivity index (χ4v) is 7.25. The molecule has 2 aliphatic carbocycles. The summed E-state index contributed by atoms with van der Waals surface area (Å²) in [5, 5.41) is 0.737. The Morgan fingerprint density at radius 3 is 2.05 bits per heavy atom. The number of carbonyl (C=O) groups excluding carboxylic acids is 3. The molecule has 0 aliphatic heterocycles. The van der Waals surface area contributed by atoms with Crippen LogP contribution in [0.2, 0.25) is 0 Å². The second-order valence-electron chi connectivity index (χ2n) is 17.0. The summed E-state index contributed by atoms with van der Waals surface area (Å²) in [6.07, 6.45) is 10.5. The van der Waals surface area contributed by atoms with Crippen molar-refractivity contribution < 1.29 is 20.2 Å². The number of allylic oxidation sites excluding steroid dienone is 3. The zero-order valence-corrected chi connectivity index (χ0v) is 29.1. The van der Waals surface area contributed by atoms with Crippen molar-refractivity contribution in [3.05, 3.63) is 46.8 Å². The molecule has 2 saturated carbocycles. The number of Topliss-reactive ketones (excluding diaryl/α,β-unsaturated/α-hetero) is 2. The number of hydrogen-bond donors (Lipinski definition) is 0. The van der Waals surface area contributed by atoms with Crippen LogP contribution in [0.4, 0.5) is 0 Å². The SMILES string of the molecule is C=CC(=O)C(C)(C)CC(=O)C1CCC(C)(C(=O)c2cc(=C)/c(=C(\C=C(/C)C3CCC(C)(C)CC3)C(C)(C)C)o2)C(C)(C)C1.[HH]. The molecule has 2 fully saturated rings. The molecule has 43 heavy (non-hydrogen) atoms. The molecule has 3 rings (SSSR count). The average molecular weight is 593 g/mol. The van der Waals surface area contributed by atoms with Gasteiger partial charge in [-0.2, -0.15) is 0 Å². The van der Waals surface area contributed by atoms with Crippen molar-refractivity contribution in [1.29, 1.82) is 0 Å². The van der Waals surface area contributed by atoms with E-state index in [1.54, 1.807) is 13.8 Å². The first-order chi connectivity index (χ1) is 19.5. The van der Waals surface area contributed by atoms with E-state index in [1.165, 1.54) is 37.3 Å². The fraction of sp³-hybridized carbons (Fsp3) is 0.667.